The van der Waals surface area contributed by atoms with Gasteiger partial charge in [0.2, 0.25) is 5.91 Å². The van der Waals surface area contributed by atoms with E-state index in [1.807, 2.05) is 18.2 Å². The zero-order valence-corrected chi connectivity index (χ0v) is 12.1. The molecule has 2 heterocycles. The number of nitrogens with one attached hydrogen (secondary N) is 1. The number of amides is 2. The molecule has 0 fully saturated rings. The molecule has 7 heteroatoms. The summed E-state index contributed by atoms with van der Waals surface area (Å²) in [6.45, 7) is -0.174. The summed E-state index contributed by atoms with van der Waals surface area (Å²) >= 11 is 0. The van der Waals surface area contributed by atoms with Gasteiger partial charge in [-0.1, -0.05) is 12.1 Å². The SMILES string of the molecule is Cn1ncc2c1NC(=O)C[C@H]2c1cccc(OCC(N)=O)c1. The Morgan fingerprint density at radius 3 is 3.14 bits per heavy atom. The summed E-state index contributed by atoms with van der Waals surface area (Å²) in [6, 6.07) is 7.33. The number of rotatable bonds is 4. The van der Waals surface area contributed by atoms with Gasteiger partial charge in [0.05, 0.1) is 6.20 Å². The summed E-state index contributed by atoms with van der Waals surface area (Å²) in [5.74, 6) is 0.591. The van der Waals surface area contributed by atoms with Crippen LogP contribution in [0.25, 0.3) is 0 Å². The van der Waals surface area contributed by atoms with Crippen LogP contribution in [0.2, 0.25) is 0 Å². The van der Waals surface area contributed by atoms with Crippen LogP contribution in [0, 0.1) is 0 Å². The molecular weight excluding hydrogens is 284 g/mol. The number of aryl methyl sites for hydroxylation is 1. The average Bonchev–Trinajstić information content (AvgIpc) is 2.86. The Labute approximate surface area is 127 Å². The van der Waals surface area contributed by atoms with E-state index in [4.69, 9.17) is 10.5 Å². The molecule has 0 bridgehead atoms. The third kappa shape index (κ3) is 2.65. The number of anilines is 1. The van der Waals surface area contributed by atoms with E-state index in [9.17, 15) is 9.59 Å². The number of fused-ring (bicyclic) bond motifs is 1. The number of primary amides is 1. The van der Waals surface area contributed by atoms with Crippen molar-refractivity contribution in [2.24, 2.45) is 12.8 Å². The highest BCUT2D eigenvalue weighted by Gasteiger charge is 2.29. The molecule has 2 aromatic rings. The van der Waals surface area contributed by atoms with E-state index in [2.05, 4.69) is 10.4 Å². The first-order valence-electron chi connectivity index (χ1n) is 6.87. The Bertz CT molecular complexity index is 738. The number of carbonyl (C=O) groups is 2. The summed E-state index contributed by atoms with van der Waals surface area (Å²) in [4.78, 5) is 22.7. The molecule has 0 unspecified atom stereocenters. The van der Waals surface area contributed by atoms with Crippen LogP contribution < -0.4 is 15.8 Å². The second kappa shape index (κ2) is 5.51. The molecule has 1 aromatic heterocycles. The second-order valence-corrected chi connectivity index (χ2v) is 5.20. The van der Waals surface area contributed by atoms with Crippen LogP contribution in [-0.4, -0.2) is 28.2 Å². The lowest BCUT2D eigenvalue weighted by Gasteiger charge is -2.23. The Morgan fingerprint density at radius 2 is 2.36 bits per heavy atom. The molecule has 1 aromatic carbocycles. The minimum atomic E-state index is -0.531. The molecule has 0 saturated heterocycles. The average molecular weight is 300 g/mol. The van der Waals surface area contributed by atoms with Crippen molar-refractivity contribution in [2.45, 2.75) is 12.3 Å². The van der Waals surface area contributed by atoms with Gasteiger partial charge in [-0.05, 0) is 17.7 Å². The Morgan fingerprint density at radius 1 is 1.55 bits per heavy atom. The summed E-state index contributed by atoms with van der Waals surface area (Å²) in [6.07, 6.45) is 2.11. The van der Waals surface area contributed by atoms with Crippen molar-refractivity contribution < 1.29 is 14.3 Å². The van der Waals surface area contributed by atoms with Gasteiger partial charge in [0, 0.05) is 24.9 Å². The Hall–Kier alpha value is -2.83. The molecule has 22 heavy (non-hydrogen) atoms. The number of benzene rings is 1. The minimum absolute atomic E-state index is 0.0513. The first kappa shape index (κ1) is 14.1. The number of hydrogen-bond acceptors (Lipinski definition) is 4. The highest BCUT2D eigenvalue weighted by molar-refractivity contribution is 5.94. The van der Waals surface area contributed by atoms with Crippen molar-refractivity contribution in [3.05, 3.63) is 41.6 Å². The monoisotopic (exact) mass is 300 g/mol. The maximum atomic E-state index is 11.9. The fourth-order valence-corrected chi connectivity index (χ4v) is 2.61. The van der Waals surface area contributed by atoms with E-state index in [1.165, 1.54) is 0 Å². The third-order valence-electron chi connectivity index (χ3n) is 3.63. The van der Waals surface area contributed by atoms with Crippen molar-refractivity contribution in [2.75, 3.05) is 11.9 Å². The standard InChI is InChI=1S/C15H16N4O3/c1-19-15-12(7-17-19)11(6-14(21)18-15)9-3-2-4-10(5-9)22-8-13(16)20/h2-5,7,11H,6,8H2,1H3,(H2,16,20)(H,18,21)/t11-/m0/s1. The fraction of sp³-hybridized carbons (Fsp3) is 0.267. The first-order chi connectivity index (χ1) is 10.5. The zero-order valence-electron chi connectivity index (χ0n) is 12.1. The van der Waals surface area contributed by atoms with Gasteiger partial charge in [0.25, 0.3) is 5.91 Å². The van der Waals surface area contributed by atoms with Gasteiger partial charge in [-0.2, -0.15) is 5.10 Å². The predicted molar refractivity (Wildman–Crippen MR) is 79.4 cm³/mol. The second-order valence-electron chi connectivity index (χ2n) is 5.20. The van der Waals surface area contributed by atoms with E-state index in [0.717, 1.165) is 11.1 Å². The third-order valence-corrected chi connectivity index (χ3v) is 3.63. The molecule has 0 spiro atoms. The summed E-state index contributed by atoms with van der Waals surface area (Å²) < 4.78 is 6.97. The van der Waals surface area contributed by atoms with E-state index in [1.54, 1.807) is 24.0 Å². The molecule has 1 aliphatic heterocycles. The first-order valence-corrected chi connectivity index (χ1v) is 6.87. The molecule has 3 N–H and O–H groups in total. The number of nitrogens with two attached hydrogens (primary N) is 1. The Kier molecular flexibility index (Phi) is 3.54. The highest BCUT2D eigenvalue weighted by Crippen LogP contribution is 2.37. The molecular formula is C15H16N4O3. The molecule has 3 rings (SSSR count). The molecule has 0 aliphatic carbocycles. The molecule has 1 atom stereocenters. The summed E-state index contributed by atoms with van der Waals surface area (Å²) in [5.41, 5.74) is 6.98. The fourth-order valence-electron chi connectivity index (χ4n) is 2.61. The Balaban J connectivity index is 1.92. The smallest absolute Gasteiger partial charge is 0.255 e. The van der Waals surface area contributed by atoms with Crippen LogP contribution in [0.4, 0.5) is 5.82 Å². The van der Waals surface area contributed by atoms with E-state index < -0.39 is 5.91 Å². The maximum absolute atomic E-state index is 11.9. The lowest BCUT2D eigenvalue weighted by atomic mass is 9.87. The van der Waals surface area contributed by atoms with Crippen LogP contribution in [0.3, 0.4) is 0 Å². The lowest BCUT2D eigenvalue weighted by molar-refractivity contribution is -0.120. The topological polar surface area (TPSA) is 99.2 Å². The van der Waals surface area contributed by atoms with Crippen molar-refractivity contribution in [3.8, 4) is 5.75 Å². The van der Waals surface area contributed by atoms with Crippen LogP contribution in [0.1, 0.15) is 23.5 Å². The maximum Gasteiger partial charge on any atom is 0.255 e. The van der Waals surface area contributed by atoms with Crippen molar-refractivity contribution >= 4 is 17.6 Å². The lowest BCUT2D eigenvalue weighted by Crippen LogP contribution is -2.24. The molecule has 114 valence electrons. The van der Waals surface area contributed by atoms with E-state index in [0.29, 0.717) is 18.0 Å². The summed E-state index contributed by atoms with van der Waals surface area (Å²) in [5, 5.41) is 7.03. The van der Waals surface area contributed by atoms with Gasteiger partial charge in [0.15, 0.2) is 6.61 Å². The quantitative estimate of drug-likeness (QED) is 0.870. The number of ether oxygens (including phenoxy) is 1. The normalized spacial score (nSPS) is 16.8. The zero-order chi connectivity index (χ0) is 15.7. The van der Waals surface area contributed by atoms with Gasteiger partial charge < -0.3 is 15.8 Å². The molecule has 7 nitrogen and oxygen atoms in total. The van der Waals surface area contributed by atoms with Crippen LogP contribution in [0.15, 0.2) is 30.5 Å². The molecule has 1 aliphatic rings. The number of aromatic nitrogens is 2. The van der Waals surface area contributed by atoms with Crippen molar-refractivity contribution in [3.63, 3.8) is 0 Å². The molecule has 0 radical (unpaired) electrons. The van der Waals surface area contributed by atoms with Gasteiger partial charge in [-0.15, -0.1) is 0 Å². The largest absolute Gasteiger partial charge is 0.484 e. The molecule has 0 saturated carbocycles. The van der Waals surface area contributed by atoms with Gasteiger partial charge in [0.1, 0.15) is 11.6 Å². The van der Waals surface area contributed by atoms with Crippen molar-refractivity contribution in [1.82, 2.24) is 9.78 Å². The highest BCUT2D eigenvalue weighted by atomic mass is 16.5. The van der Waals surface area contributed by atoms with Gasteiger partial charge >= 0.3 is 0 Å². The summed E-state index contributed by atoms with van der Waals surface area (Å²) in [7, 11) is 1.79. The number of hydrogen-bond donors (Lipinski definition) is 2. The number of carbonyl (C=O) groups excluding carboxylic acids is 2. The number of nitrogens with zero attached hydrogens (tertiary/aromatic N) is 2. The van der Waals surface area contributed by atoms with Crippen LogP contribution in [0.5, 0.6) is 5.75 Å². The van der Waals surface area contributed by atoms with Gasteiger partial charge in [-0.3, -0.25) is 14.3 Å². The van der Waals surface area contributed by atoms with Crippen molar-refractivity contribution in [1.29, 1.82) is 0 Å². The minimum Gasteiger partial charge on any atom is -0.484 e. The van der Waals surface area contributed by atoms with Gasteiger partial charge in [-0.25, -0.2) is 0 Å². The van der Waals surface area contributed by atoms with E-state index in [-0.39, 0.29) is 18.4 Å². The predicted octanol–water partition coefficient (Wildman–Crippen LogP) is 0.758. The molecule has 2 amide bonds. The van der Waals surface area contributed by atoms with E-state index >= 15 is 0 Å². The van der Waals surface area contributed by atoms with Crippen LogP contribution in [-0.2, 0) is 16.6 Å². The van der Waals surface area contributed by atoms with Crippen LogP contribution >= 0.6 is 0 Å².